The van der Waals surface area contributed by atoms with Gasteiger partial charge in [-0.1, -0.05) is 32.8 Å². The molecule has 3 N–H and O–H groups in total. The Morgan fingerprint density at radius 3 is 2.52 bits per heavy atom. The van der Waals surface area contributed by atoms with Gasteiger partial charge in [0.15, 0.2) is 6.61 Å². The third-order valence-corrected chi connectivity index (χ3v) is 5.11. The van der Waals surface area contributed by atoms with E-state index in [1.807, 2.05) is 0 Å². The maximum absolute atomic E-state index is 12.2. The van der Waals surface area contributed by atoms with Crippen molar-refractivity contribution in [3.63, 3.8) is 0 Å². The highest BCUT2D eigenvalue weighted by molar-refractivity contribution is 7.12. The van der Waals surface area contributed by atoms with E-state index in [4.69, 9.17) is 4.74 Å². The van der Waals surface area contributed by atoms with Crippen molar-refractivity contribution >= 4 is 35.2 Å². The van der Waals surface area contributed by atoms with Gasteiger partial charge in [0.1, 0.15) is 6.04 Å². The van der Waals surface area contributed by atoms with Gasteiger partial charge in [0.25, 0.3) is 11.8 Å². The molecule has 0 aromatic carbocycles. The minimum Gasteiger partial charge on any atom is -0.454 e. The number of thiophene rings is 1. The molecule has 1 heterocycles. The van der Waals surface area contributed by atoms with E-state index in [1.54, 1.807) is 31.4 Å². The first-order chi connectivity index (χ1) is 12.9. The van der Waals surface area contributed by atoms with E-state index in [9.17, 15) is 19.2 Å². The van der Waals surface area contributed by atoms with Gasteiger partial charge in [-0.15, -0.1) is 11.3 Å². The molecule has 1 aromatic heterocycles. The van der Waals surface area contributed by atoms with Crippen LogP contribution in [0.5, 0.6) is 0 Å². The molecule has 0 radical (unpaired) electrons. The zero-order chi connectivity index (χ0) is 19.8. The Labute approximate surface area is 162 Å². The summed E-state index contributed by atoms with van der Waals surface area (Å²) in [5.41, 5.74) is 0. The van der Waals surface area contributed by atoms with Crippen LogP contribution in [0.3, 0.4) is 0 Å². The van der Waals surface area contributed by atoms with Crippen LogP contribution in [0.25, 0.3) is 0 Å². The van der Waals surface area contributed by atoms with Crippen molar-refractivity contribution in [2.45, 2.75) is 51.6 Å². The molecule has 0 bridgehead atoms. The standard InChI is InChI=1S/C18H25N3O5S/c1-11(2)15(21-16(23)13-8-5-9-27-13)17(24)26-10-14(22)20-18(25)19-12-6-3-4-7-12/h5,8-9,11-12,15H,3-4,6-7,10H2,1-2H3,(H,21,23)(H2,19,20,22,25)/t15-/m0/s1. The van der Waals surface area contributed by atoms with Crippen LogP contribution in [0.1, 0.15) is 49.2 Å². The van der Waals surface area contributed by atoms with E-state index in [0.717, 1.165) is 25.7 Å². The smallest absolute Gasteiger partial charge is 0.329 e. The lowest BCUT2D eigenvalue weighted by atomic mass is 10.0. The minimum absolute atomic E-state index is 0.0816. The normalized spacial score (nSPS) is 15.2. The minimum atomic E-state index is -0.889. The van der Waals surface area contributed by atoms with Crippen LogP contribution in [-0.4, -0.2) is 42.5 Å². The molecule has 1 aliphatic rings. The monoisotopic (exact) mass is 395 g/mol. The van der Waals surface area contributed by atoms with Crippen molar-refractivity contribution in [1.82, 2.24) is 16.0 Å². The summed E-state index contributed by atoms with van der Waals surface area (Å²) in [7, 11) is 0. The zero-order valence-electron chi connectivity index (χ0n) is 15.4. The molecule has 0 spiro atoms. The van der Waals surface area contributed by atoms with Crippen molar-refractivity contribution in [1.29, 1.82) is 0 Å². The molecule has 1 aromatic rings. The molecular weight excluding hydrogens is 370 g/mol. The number of amides is 4. The molecule has 0 unspecified atom stereocenters. The molecule has 4 amide bonds. The molecule has 8 nitrogen and oxygen atoms in total. The molecule has 1 aliphatic carbocycles. The third-order valence-electron chi connectivity index (χ3n) is 4.24. The van der Waals surface area contributed by atoms with E-state index < -0.39 is 30.6 Å². The van der Waals surface area contributed by atoms with Gasteiger partial charge in [0.05, 0.1) is 4.88 Å². The average Bonchev–Trinajstić information content (AvgIpc) is 3.30. The second-order valence-electron chi connectivity index (χ2n) is 6.78. The summed E-state index contributed by atoms with van der Waals surface area (Å²) in [5, 5.41) is 9.23. The molecule has 9 heteroatoms. The van der Waals surface area contributed by atoms with E-state index in [2.05, 4.69) is 16.0 Å². The highest BCUT2D eigenvalue weighted by Gasteiger charge is 2.27. The Balaban J connectivity index is 1.77. The van der Waals surface area contributed by atoms with Crippen LogP contribution < -0.4 is 16.0 Å². The van der Waals surface area contributed by atoms with Crippen molar-refractivity contribution in [2.24, 2.45) is 5.92 Å². The number of ether oxygens (including phenoxy) is 1. The summed E-state index contributed by atoms with van der Waals surface area (Å²) in [4.78, 5) is 48.4. The van der Waals surface area contributed by atoms with Crippen LogP contribution in [0.15, 0.2) is 17.5 Å². The SMILES string of the molecule is CC(C)[C@H](NC(=O)c1cccs1)C(=O)OCC(=O)NC(=O)NC1CCCC1. The first-order valence-corrected chi connectivity index (χ1v) is 9.86. The van der Waals surface area contributed by atoms with E-state index in [1.165, 1.54) is 11.3 Å². The van der Waals surface area contributed by atoms with Crippen LogP contribution in [0, 0.1) is 5.92 Å². The van der Waals surface area contributed by atoms with Gasteiger partial charge >= 0.3 is 12.0 Å². The molecule has 1 atom stereocenters. The molecule has 27 heavy (non-hydrogen) atoms. The fraction of sp³-hybridized carbons (Fsp3) is 0.556. The average molecular weight is 395 g/mol. The highest BCUT2D eigenvalue weighted by Crippen LogP contribution is 2.17. The zero-order valence-corrected chi connectivity index (χ0v) is 16.3. The van der Waals surface area contributed by atoms with Gasteiger partial charge in [-0.3, -0.25) is 14.9 Å². The van der Waals surface area contributed by atoms with Gasteiger partial charge in [-0.05, 0) is 30.2 Å². The summed E-state index contributed by atoms with van der Waals surface area (Å²) >= 11 is 1.26. The molecule has 148 valence electrons. The summed E-state index contributed by atoms with van der Waals surface area (Å²) in [5.74, 6) is -2.04. The number of carbonyl (C=O) groups excluding carboxylic acids is 4. The van der Waals surface area contributed by atoms with E-state index in [0.29, 0.717) is 4.88 Å². The maximum atomic E-state index is 12.2. The molecule has 2 rings (SSSR count). The number of rotatable bonds is 7. The predicted octanol–water partition coefficient (Wildman–Crippen LogP) is 1.81. The fourth-order valence-corrected chi connectivity index (χ4v) is 3.43. The van der Waals surface area contributed by atoms with Crippen LogP contribution in [0.2, 0.25) is 0 Å². The lowest BCUT2D eigenvalue weighted by Crippen LogP contribution is -2.47. The number of urea groups is 1. The number of hydrogen-bond donors (Lipinski definition) is 3. The Hall–Kier alpha value is -2.42. The van der Waals surface area contributed by atoms with Crippen LogP contribution in [0.4, 0.5) is 4.79 Å². The van der Waals surface area contributed by atoms with Gasteiger partial charge in [0.2, 0.25) is 0 Å². The second kappa shape index (κ2) is 10.1. The Bertz CT molecular complexity index is 669. The number of carbonyl (C=O) groups is 4. The Kier molecular flexibility index (Phi) is 7.78. The lowest BCUT2D eigenvalue weighted by molar-refractivity contribution is -0.151. The van der Waals surface area contributed by atoms with Crippen molar-refractivity contribution in [3.8, 4) is 0 Å². The predicted molar refractivity (Wildman–Crippen MR) is 100 cm³/mol. The molecule has 0 aliphatic heterocycles. The first kappa shape index (κ1) is 20.9. The summed E-state index contributed by atoms with van der Waals surface area (Å²) < 4.78 is 4.97. The van der Waals surface area contributed by atoms with E-state index >= 15 is 0 Å². The number of esters is 1. The third kappa shape index (κ3) is 6.67. The number of nitrogens with one attached hydrogen (secondary N) is 3. The number of hydrogen-bond acceptors (Lipinski definition) is 6. The lowest BCUT2D eigenvalue weighted by Gasteiger charge is -2.20. The van der Waals surface area contributed by atoms with Gasteiger partial charge in [-0.2, -0.15) is 0 Å². The molecule has 1 saturated carbocycles. The quantitative estimate of drug-likeness (QED) is 0.610. The van der Waals surface area contributed by atoms with Crippen molar-refractivity contribution < 1.29 is 23.9 Å². The van der Waals surface area contributed by atoms with Gasteiger partial charge < -0.3 is 15.4 Å². The Morgan fingerprint density at radius 2 is 1.93 bits per heavy atom. The molecule has 0 saturated heterocycles. The largest absolute Gasteiger partial charge is 0.454 e. The summed E-state index contributed by atoms with van der Waals surface area (Å²) in [6.07, 6.45) is 3.92. The maximum Gasteiger partial charge on any atom is 0.329 e. The highest BCUT2D eigenvalue weighted by atomic mass is 32.1. The first-order valence-electron chi connectivity index (χ1n) is 8.98. The second-order valence-corrected chi connectivity index (χ2v) is 7.73. The summed E-state index contributed by atoms with van der Waals surface area (Å²) in [6.45, 7) is 2.93. The van der Waals surface area contributed by atoms with Crippen LogP contribution in [-0.2, 0) is 14.3 Å². The molecule has 1 fully saturated rings. The topological polar surface area (TPSA) is 114 Å². The summed E-state index contributed by atoms with van der Waals surface area (Å²) in [6, 6.07) is 2.00. The van der Waals surface area contributed by atoms with Crippen molar-refractivity contribution in [3.05, 3.63) is 22.4 Å². The number of imide groups is 1. The van der Waals surface area contributed by atoms with Gasteiger partial charge in [0, 0.05) is 6.04 Å². The Morgan fingerprint density at radius 1 is 1.22 bits per heavy atom. The molecular formula is C18H25N3O5S. The van der Waals surface area contributed by atoms with Gasteiger partial charge in [-0.25, -0.2) is 9.59 Å². The fourth-order valence-electron chi connectivity index (χ4n) is 2.80. The van der Waals surface area contributed by atoms with Crippen molar-refractivity contribution in [2.75, 3.05) is 6.61 Å². The van der Waals surface area contributed by atoms with Crippen LogP contribution >= 0.6 is 11.3 Å². The van der Waals surface area contributed by atoms with E-state index in [-0.39, 0.29) is 17.9 Å².